The van der Waals surface area contributed by atoms with Crippen molar-refractivity contribution in [1.29, 1.82) is 0 Å². The number of fused-ring (bicyclic) bond motifs is 17. The van der Waals surface area contributed by atoms with Crippen molar-refractivity contribution in [2.45, 2.75) is 52.4 Å². The Morgan fingerprint density at radius 2 is 1.16 bits per heavy atom. The molecule has 6 heterocycles. The Kier molecular flexibility index (Phi) is 6.70. The summed E-state index contributed by atoms with van der Waals surface area (Å²) in [6.45, 7) is 13.8. The summed E-state index contributed by atoms with van der Waals surface area (Å²) < 4.78 is 14.6. The molecule has 0 radical (unpaired) electrons. The van der Waals surface area contributed by atoms with Gasteiger partial charge in [0.25, 0.3) is 0 Å². The van der Waals surface area contributed by atoms with Crippen LogP contribution >= 0.6 is 22.7 Å². The molecule has 0 amide bonds. The van der Waals surface area contributed by atoms with Gasteiger partial charge in [0.05, 0.1) is 11.0 Å². The van der Waals surface area contributed by atoms with E-state index in [-0.39, 0.29) is 17.7 Å². The van der Waals surface area contributed by atoms with Gasteiger partial charge in [0, 0.05) is 90.6 Å². The molecule has 2 aliphatic rings. The van der Waals surface area contributed by atoms with Crippen LogP contribution in [0.25, 0.3) is 101 Å². The van der Waals surface area contributed by atoms with Crippen molar-refractivity contribution in [2.24, 2.45) is 0 Å². The number of nitrogens with zero attached hydrogens (tertiary/aromatic N) is 2. The topological polar surface area (TPSA) is 21.3 Å². The molecule has 12 aromatic rings. The molecule has 0 aliphatic carbocycles. The van der Waals surface area contributed by atoms with E-state index in [1.54, 1.807) is 0 Å². The molecule has 0 unspecified atom stereocenters. The van der Waals surface area contributed by atoms with Crippen molar-refractivity contribution in [3.05, 3.63) is 151 Å². The molecule has 0 spiro atoms. The van der Waals surface area contributed by atoms with Gasteiger partial charge in [-0.2, -0.15) is 0 Å². The molecule has 0 fully saturated rings. The molecule has 6 heteroatoms. The Morgan fingerprint density at radius 1 is 0.468 bits per heavy atom. The Hall–Kier alpha value is -6.34. The minimum Gasteiger partial charge on any atom is -0.456 e. The highest BCUT2D eigenvalue weighted by molar-refractivity contribution is 7.26. The second-order valence-electron chi connectivity index (χ2n) is 19.7. The zero-order chi connectivity index (χ0) is 41.6. The highest BCUT2D eigenvalue weighted by Crippen LogP contribution is 2.50. The molecule has 8 aromatic carbocycles. The second-order valence-corrected chi connectivity index (χ2v) is 21.9. The van der Waals surface area contributed by atoms with Gasteiger partial charge in [-0.3, -0.25) is 0 Å². The lowest BCUT2D eigenvalue weighted by Crippen LogP contribution is -2.60. The minimum atomic E-state index is -0.0900. The van der Waals surface area contributed by atoms with Gasteiger partial charge < -0.3 is 13.8 Å². The van der Waals surface area contributed by atoms with E-state index in [1.807, 2.05) is 22.7 Å². The maximum absolute atomic E-state index is 6.70. The molecule has 2 aliphatic heterocycles. The third kappa shape index (κ3) is 4.61. The molecule has 0 N–H and O–H groups in total. The Morgan fingerprint density at radius 3 is 1.97 bits per heavy atom. The summed E-state index contributed by atoms with van der Waals surface area (Å²) in [4.78, 5) is 2.67. The zero-order valence-corrected chi connectivity index (χ0v) is 37.1. The average Bonchev–Trinajstić information content (AvgIpc) is 4.01. The zero-order valence-electron chi connectivity index (χ0n) is 35.5. The average molecular weight is 833 g/mol. The van der Waals surface area contributed by atoms with Gasteiger partial charge in [0.15, 0.2) is 0 Å². The molecular formula is C56H41BN2OS2. The molecule has 0 saturated carbocycles. The summed E-state index contributed by atoms with van der Waals surface area (Å²) in [5.74, 6) is 0. The molecular weight excluding hydrogens is 792 g/mol. The monoisotopic (exact) mass is 832 g/mol. The predicted octanol–water partition coefficient (Wildman–Crippen LogP) is 15.3. The van der Waals surface area contributed by atoms with Gasteiger partial charge in [-0.1, -0.05) is 114 Å². The van der Waals surface area contributed by atoms with E-state index in [0.29, 0.717) is 0 Å². The van der Waals surface area contributed by atoms with Gasteiger partial charge in [0.1, 0.15) is 11.2 Å². The highest BCUT2D eigenvalue weighted by atomic mass is 32.1. The first-order chi connectivity index (χ1) is 30.0. The summed E-state index contributed by atoms with van der Waals surface area (Å²) >= 11 is 3.81. The van der Waals surface area contributed by atoms with E-state index >= 15 is 0 Å². The summed E-state index contributed by atoms with van der Waals surface area (Å²) in [6, 6.07) is 53.6. The fourth-order valence-corrected chi connectivity index (χ4v) is 13.2. The summed E-state index contributed by atoms with van der Waals surface area (Å²) in [6.07, 6.45) is 0. The van der Waals surface area contributed by atoms with Crippen molar-refractivity contribution in [1.82, 2.24) is 4.57 Å². The number of benzene rings is 8. The van der Waals surface area contributed by atoms with Crippen LogP contribution < -0.4 is 15.7 Å². The van der Waals surface area contributed by atoms with Crippen LogP contribution in [0.2, 0.25) is 0 Å². The van der Waals surface area contributed by atoms with Crippen LogP contribution in [0.3, 0.4) is 0 Å². The lowest BCUT2D eigenvalue weighted by Gasteiger charge is -2.42. The number of anilines is 2. The normalized spacial score (nSPS) is 13.9. The number of hydrogen-bond donors (Lipinski definition) is 0. The van der Waals surface area contributed by atoms with Crippen LogP contribution in [0.15, 0.2) is 144 Å². The molecule has 0 bridgehead atoms. The number of furan rings is 1. The Balaban J connectivity index is 1.15. The minimum absolute atomic E-state index is 0.0393. The van der Waals surface area contributed by atoms with Crippen molar-refractivity contribution >= 4 is 136 Å². The molecule has 14 rings (SSSR count). The number of para-hydroxylation sites is 1. The Bertz CT molecular complexity index is 3960. The van der Waals surface area contributed by atoms with Crippen LogP contribution in [0.1, 0.15) is 52.7 Å². The first-order valence-corrected chi connectivity index (χ1v) is 23.4. The first-order valence-electron chi connectivity index (χ1n) is 21.8. The number of aromatic nitrogens is 1. The fraction of sp³-hybridized carbons (Fsp3) is 0.143. The fourth-order valence-electron chi connectivity index (χ4n) is 11.0. The van der Waals surface area contributed by atoms with Gasteiger partial charge in [-0.05, 0) is 99.1 Å². The smallest absolute Gasteiger partial charge is 0.333 e. The van der Waals surface area contributed by atoms with E-state index in [0.717, 1.165) is 21.9 Å². The molecule has 4 aromatic heterocycles. The second kappa shape index (κ2) is 11.8. The molecule has 3 nitrogen and oxygen atoms in total. The third-order valence-electron chi connectivity index (χ3n) is 14.1. The molecule has 296 valence electrons. The van der Waals surface area contributed by atoms with Crippen molar-refractivity contribution in [2.75, 3.05) is 4.81 Å². The molecule has 0 saturated heterocycles. The predicted molar refractivity (Wildman–Crippen MR) is 270 cm³/mol. The summed E-state index contributed by atoms with van der Waals surface area (Å²) in [7, 11) is 0. The van der Waals surface area contributed by atoms with Gasteiger partial charge in [-0.15, -0.1) is 22.7 Å². The lowest BCUT2D eigenvalue weighted by atomic mass is 9.44. The number of hydrogen-bond acceptors (Lipinski definition) is 4. The third-order valence-corrected chi connectivity index (χ3v) is 16.3. The number of thiophene rings is 2. The van der Waals surface area contributed by atoms with E-state index < -0.39 is 0 Å². The standard InChI is InChI=1S/C56H41BN2OS2/c1-55(2,3)30-15-18-32(19-16-30)59-45-29-52-42(40-23-31(56(4,5)6)17-22-50(40)62-52)24-37(45)35-20-21-36-38-25-41-34-12-8-10-14-49(34)61-51(41)28-44(38)58-46-27-48-39(33-11-7-9-13-47(33)60-48)26-43(46)57(59)53(35)54(36)58/h7-29H,1-6H3. The quantitative estimate of drug-likeness (QED) is 0.154. The molecule has 0 atom stereocenters. The number of rotatable bonds is 1. The lowest BCUT2D eigenvalue weighted by molar-refractivity contribution is 0.590. The summed E-state index contributed by atoms with van der Waals surface area (Å²) in [5, 5.41) is 10.2. The van der Waals surface area contributed by atoms with Crippen LogP contribution in [-0.2, 0) is 10.8 Å². The highest BCUT2D eigenvalue weighted by Gasteiger charge is 2.44. The maximum atomic E-state index is 6.70. The van der Waals surface area contributed by atoms with Crippen LogP contribution in [-0.4, -0.2) is 11.4 Å². The van der Waals surface area contributed by atoms with Crippen molar-refractivity contribution in [3.8, 4) is 16.8 Å². The van der Waals surface area contributed by atoms with Gasteiger partial charge in [-0.25, -0.2) is 0 Å². The van der Waals surface area contributed by atoms with E-state index in [4.69, 9.17) is 4.42 Å². The van der Waals surface area contributed by atoms with Crippen molar-refractivity contribution in [3.63, 3.8) is 0 Å². The van der Waals surface area contributed by atoms with Gasteiger partial charge in [0.2, 0.25) is 0 Å². The Labute approximate surface area is 367 Å². The largest absolute Gasteiger partial charge is 0.456 e. The van der Waals surface area contributed by atoms with Crippen LogP contribution in [0.4, 0.5) is 11.4 Å². The van der Waals surface area contributed by atoms with E-state index in [2.05, 4.69) is 190 Å². The van der Waals surface area contributed by atoms with E-state index in [1.165, 1.54) is 112 Å². The van der Waals surface area contributed by atoms with Crippen LogP contribution in [0, 0.1) is 0 Å². The van der Waals surface area contributed by atoms with Gasteiger partial charge >= 0.3 is 6.85 Å². The van der Waals surface area contributed by atoms with E-state index in [9.17, 15) is 0 Å². The van der Waals surface area contributed by atoms with Crippen molar-refractivity contribution < 1.29 is 4.42 Å². The summed E-state index contributed by atoms with van der Waals surface area (Å²) in [5.41, 5.74) is 16.1. The first kappa shape index (κ1) is 35.3. The van der Waals surface area contributed by atoms with Crippen LogP contribution in [0.5, 0.6) is 0 Å². The SMILES string of the molecule is CC(C)(C)c1ccc(N2B3c4cc5c(cc4-n4c6cc7sc8ccccc8c7cc6c6ccc(c3c64)-c3cc4c(cc32)sc2ccc(C(C)(C)C)cc24)oc2ccccc25)cc1. The molecule has 62 heavy (non-hydrogen) atoms. The maximum Gasteiger partial charge on any atom is 0.333 e.